The van der Waals surface area contributed by atoms with Crippen LogP contribution in [-0.2, 0) is 24.3 Å². The number of nitrogens with one attached hydrogen (secondary N) is 3. The number of hydrogen-bond acceptors (Lipinski definition) is 8. The largest absolute Gasteiger partial charge is 0.463 e. The first kappa shape index (κ1) is 26.4. The van der Waals surface area contributed by atoms with E-state index in [9.17, 15) is 31.2 Å². The van der Waals surface area contributed by atoms with Gasteiger partial charge in [0, 0.05) is 23.7 Å². The number of amides is 1. The van der Waals surface area contributed by atoms with Crippen LogP contribution in [-0.4, -0.2) is 43.7 Å². The maximum Gasteiger partial charge on any atom is 0.441 e. The Morgan fingerprint density at radius 3 is 2.30 bits per heavy atom. The quantitative estimate of drug-likeness (QED) is 0.332. The van der Waals surface area contributed by atoms with E-state index in [2.05, 4.69) is 14.4 Å². The Kier molecular flexibility index (Phi) is 8.30. The molecule has 0 saturated carbocycles. The summed E-state index contributed by atoms with van der Waals surface area (Å²) in [4.78, 5) is 28.2. The molecule has 1 amide bonds. The molecule has 0 spiro atoms. The maximum atomic E-state index is 14.1. The number of hydrogen-bond donors (Lipinski definition) is 3. The molecule has 1 aromatic heterocycles. The fraction of sp³-hybridized carbons (Fsp3) is 0.421. The molecule has 0 aliphatic heterocycles. The number of anilines is 2. The molecule has 0 saturated heterocycles. The summed E-state index contributed by atoms with van der Waals surface area (Å²) in [5.74, 6) is -3.04. The van der Waals surface area contributed by atoms with Crippen molar-refractivity contribution in [2.45, 2.75) is 43.9 Å². The molecule has 0 aliphatic rings. The van der Waals surface area contributed by atoms with E-state index in [1.54, 1.807) is 24.5 Å². The number of rotatable bonds is 10. The van der Waals surface area contributed by atoms with Gasteiger partial charge in [-0.3, -0.25) is 9.52 Å². The molecule has 1 aromatic carbocycles. The van der Waals surface area contributed by atoms with E-state index in [1.807, 2.05) is 5.32 Å². The standard InChI is InChI=1S/C19H23F3N4O5S2/c1-4-31-16(28)18(19(20,21)22,25-15(27)11-12(2)3)24-13-5-7-14(8-6-13)33(29,30)26-17-23-9-10-32-17/h5-10,12,24H,4,11H2,1-3H3,(H,23,26)(H,25,27). The second-order valence-electron chi connectivity index (χ2n) is 7.21. The summed E-state index contributed by atoms with van der Waals surface area (Å²) >= 11 is 1.05. The van der Waals surface area contributed by atoms with Crippen LogP contribution < -0.4 is 15.4 Å². The minimum Gasteiger partial charge on any atom is -0.463 e. The Hall–Kier alpha value is -2.87. The van der Waals surface area contributed by atoms with Gasteiger partial charge < -0.3 is 15.4 Å². The molecule has 1 atom stereocenters. The molecule has 2 rings (SSSR count). The summed E-state index contributed by atoms with van der Waals surface area (Å²) in [7, 11) is -4.04. The smallest absolute Gasteiger partial charge is 0.441 e. The van der Waals surface area contributed by atoms with Crippen LogP contribution in [0.15, 0.2) is 40.7 Å². The lowest BCUT2D eigenvalue weighted by atomic mass is 10.1. The van der Waals surface area contributed by atoms with E-state index < -0.39 is 33.7 Å². The second kappa shape index (κ2) is 10.4. The van der Waals surface area contributed by atoms with Gasteiger partial charge in [0.2, 0.25) is 5.91 Å². The third-order valence-corrected chi connectivity index (χ3v) is 6.25. The SMILES string of the molecule is CCOC(=O)C(NC(=O)CC(C)C)(Nc1ccc(S(=O)(=O)Nc2nccs2)cc1)C(F)(F)F. The third kappa shape index (κ3) is 6.57. The first-order valence-electron chi connectivity index (χ1n) is 9.66. The van der Waals surface area contributed by atoms with Gasteiger partial charge in [-0.2, -0.15) is 13.2 Å². The van der Waals surface area contributed by atoms with Crippen molar-refractivity contribution in [1.29, 1.82) is 0 Å². The maximum absolute atomic E-state index is 14.1. The van der Waals surface area contributed by atoms with E-state index in [-0.39, 0.29) is 34.7 Å². The van der Waals surface area contributed by atoms with Crippen LogP contribution in [0.25, 0.3) is 0 Å². The molecule has 2 aromatic rings. The lowest BCUT2D eigenvalue weighted by molar-refractivity contribution is -0.208. The van der Waals surface area contributed by atoms with Gasteiger partial charge in [-0.15, -0.1) is 11.3 Å². The minimum atomic E-state index is -5.29. The van der Waals surface area contributed by atoms with E-state index in [0.717, 1.165) is 35.6 Å². The predicted molar refractivity (Wildman–Crippen MR) is 116 cm³/mol. The van der Waals surface area contributed by atoms with Crippen molar-refractivity contribution in [3.8, 4) is 0 Å². The van der Waals surface area contributed by atoms with Crippen molar-refractivity contribution in [2.75, 3.05) is 16.6 Å². The van der Waals surface area contributed by atoms with Gasteiger partial charge in [-0.05, 0) is 37.1 Å². The summed E-state index contributed by atoms with van der Waals surface area (Å²) in [5.41, 5.74) is -3.85. The third-order valence-electron chi connectivity index (χ3n) is 4.08. The van der Waals surface area contributed by atoms with Crippen molar-refractivity contribution in [3.63, 3.8) is 0 Å². The zero-order valence-electron chi connectivity index (χ0n) is 17.9. The van der Waals surface area contributed by atoms with E-state index in [4.69, 9.17) is 0 Å². The molecular weight excluding hydrogens is 485 g/mol. The Labute approximate surface area is 192 Å². The van der Waals surface area contributed by atoms with Crippen LogP contribution in [0.1, 0.15) is 27.2 Å². The Morgan fingerprint density at radius 1 is 1.18 bits per heavy atom. The number of thiazole rings is 1. The average molecular weight is 509 g/mol. The minimum absolute atomic E-state index is 0.114. The molecule has 182 valence electrons. The van der Waals surface area contributed by atoms with E-state index in [0.29, 0.717) is 0 Å². The van der Waals surface area contributed by atoms with Gasteiger partial charge in [0.1, 0.15) is 0 Å². The highest BCUT2D eigenvalue weighted by Crippen LogP contribution is 2.34. The van der Waals surface area contributed by atoms with Crippen LogP contribution in [0.2, 0.25) is 0 Å². The summed E-state index contributed by atoms with van der Waals surface area (Å²) in [6, 6.07) is 4.15. The van der Waals surface area contributed by atoms with Crippen LogP contribution >= 0.6 is 11.3 Å². The van der Waals surface area contributed by atoms with Gasteiger partial charge in [-0.25, -0.2) is 18.2 Å². The van der Waals surface area contributed by atoms with Crippen LogP contribution in [0.3, 0.4) is 0 Å². The Bertz CT molecular complexity index is 1060. The summed E-state index contributed by atoms with van der Waals surface area (Å²) in [5, 5.41) is 5.39. The number of benzene rings is 1. The Morgan fingerprint density at radius 2 is 1.82 bits per heavy atom. The highest BCUT2D eigenvalue weighted by atomic mass is 32.2. The van der Waals surface area contributed by atoms with Crippen LogP contribution in [0.4, 0.5) is 24.0 Å². The zero-order valence-corrected chi connectivity index (χ0v) is 19.5. The van der Waals surface area contributed by atoms with Crippen molar-refractivity contribution in [2.24, 2.45) is 5.92 Å². The summed E-state index contributed by atoms with van der Waals surface area (Å²) < 4.78 is 74.0. The number of nitrogens with zero attached hydrogens (tertiary/aromatic N) is 1. The number of carbonyl (C=O) groups is 2. The van der Waals surface area contributed by atoms with Gasteiger partial charge in [-0.1, -0.05) is 13.8 Å². The van der Waals surface area contributed by atoms with Gasteiger partial charge in [0.05, 0.1) is 11.5 Å². The van der Waals surface area contributed by atoms with Crippen LogP contribution in [0, 0.1) is 5.92 Å². The number of aromatic nitrogens is 1. The first-order valence-corrected chi connectivity index (χ1v) is 12.0. The second-order valence-corrected chi connectivity index (χ2v) is 9.78. The van der Waals surface area contributed by atoms with Crippen molar-refractivity contribution < 1.29 is 35.9 Å². The van der Waals surface area contributed by atoms with Gasteiger partial charge >= 0.3 is 17.8 Å². The lowest BCUT2D eigenvalue weighted by Crippen LogP contribution is -2.69. The van der Waals surface area contributed by atoms with Crippen LogP contribution in [0.5, 0.6) is 0 Å². The first-order chi connectivity index (χ1) is 15.3. The molecule has 0 aliphatic carbocycles. The number of sulfonamides is 1. The number of alkyl halides is 3. The van der Waals surface area contributed by atoms with Crippen molar-refractivity contribution in [1.82, 2.24) is 10.3 Å². The van der Waals surface area contributed by atoms with E-state index in [1.165, 1.54) is 13.1 Å². The highest BCUT2D eigenvalue weighted by Gasteiger charge is 2.63. The summed E-state index contributed by atoms with van der Waals surface area (Å²) in [6.07, 6.45) is -4.16. The Balaban J connectivity index is 2.38. The van der Waals surface area contributed by atoms with Crippen molar-refractivity contribution >= 4 is 44.1 Å². The molecule has 0 radical (unpaired) electrons. The molecule has 0 fully saturated rings. The average Bonchev–Trinajstić information content (AvgIpc) is 3.18. The fourth-order valence-electron chi connectivity index (χ4n) is 2.64. The number of carbonyl (C=O) groups excluding carboxylic acids is 2. The molecule has 14 heteroatoms. The lowest BCUT2D eigenvalue weighted by Gasteiger charge is -2.35. The number of esters is 1. The molecule has 1 heterocycles. The monoisotopic (exact) mass is 508 g/mol. The highest BCUT2D eigenvalue weighted by molar-refractivity contribution is 7.93. The molecular formula is C19H23F3N4O5S2. The summed E-state index contributed by atoms with van der Waals surface area (Å²) in [6.45, 7) is 4.22. The molecule has 33 heavy (non-hydrogen) atoms. The van der Waals surface area contributed by atoms with Gasteiger partial charge in [0.25, 0.3) is 10.0 Å². The molecule has 3 N–H and O–H groups in total. The molecule has 9 nitrogen and oxygen atoms in total. The van der Waals surface area contributed by atoms with Crippen molar-refractivity contribution in [3.05, 3.63) is 35.8 Å². The molecule has 0 bridgehead atoms. The van der Waals surface area contributed by atoms with Gasteiger partial charge in [0.15, 0.2) is 5.13 Å². The zero-order chi connectivity index (χ0) is 24.9. The molecule has 1 unspecified atom stereocenters. The van der Waals surface area contributed by atoms with E-state index >= 15 is 0 Å². The number of ether oxygens (including phenoxy) is 1. The number of halogens is 3. The fourth-order valence-corrected chi connectivity index (χ4v) is 4.43. The topological polar surface area (TPSA) is 126 Å². The normalized spacial score (nSPS) is 13.8. The predicted octanol–water partition coefficient (Wildman–Crippen LogP) is 3.34.